The number of halogens is 1. The zero-order valence-electron chi connectivity index (χ0n) is 17.3. The number of aromatic nitrogens is 4. The van der Waals surface area contributed by atoms with Crippen LogP contribution in [0.25, 0.3) is 0 Å². The molecule has 1 aliphatic carbocycles. The predicted molar refractivity (Wildman–Crippen MR) is 106 cm³/mol. The van der Waals surface area contributed by atoms with Crippen LogP contribution < -0.4 is 9.80 Å². The van der Waals surface area contributed by atoms with Crippen LogP contribution in [0, 0.1) is 5.82 Å². The molecule has 1 atom stereocenters. The number of rotatable bonds is 7. The van der Waals surface area contributed by atoms with Gasteiger partial charge in [-0.25, -0.2) is 9.07 Å². The van der Waals surface area contributed by atoms with E-state index in [1.165, 1.54) is 62.2 Å². The number of nitrogens with zero attached hydrogens (tertiary/aromatic N) is 4. The number of nitrogens with one attached hydrogen (secondary N) is 2. The quantitative estimate of drug-likeness (QED) is 0.663. The summed E-state index contributed by atoms with van der Waals surface area (Å²) >= 11 is 0. The van der Waals surface area contributed by atoms with Gasteiger partial charge in [-0.2, -0.15) is 0 Å². The van der Waals surface area contributed by atoms with Crippen molar-refractivity contribution in [3.8, 4) is 0 Å². The Morgan fingerprint density at radius 3 is 2.52 bits per heavy atom. The van der Waals surface area contributed by atoms with E-state index < -0.39 is 0 Å². The first kappa shape index (κ1) is 20.4. The van der Waals surface area contributed by atoms with E-state index in [1.54, 1.807) is 12.0 Å². The highest BCUT2D eigenvalue weighted by molar-refractivity contribution is 5.23. The molecule has 2 aromatic rings. The maximum absolute atomic E-state index is 13.6. The summed E-state index contributed by atoms with van der Waals surface area (Å²) in [6.45, 7) is 5.68. The molecule has 158 valence electrons. The third kappa shape index (κ3) is 4.82. The van der Waals surface area contributed by atoms with Crippen molar-refractivity contribution < 1.29 is 18.9 Å². The summed E-state index contributed by atoms with van der Waals surface area (Å²) in [5.41, 5.74) is 1.07. The highest BCUT2D eigenvalue weighted by Crippen LogP contribution is 2.18. The molecule has 2 aliphatic rings. The number of hydrogen-bond acceptors (Lipinski definition) is 4. The fraction of sp³-hybridized carbons (Fsp3) is 0.667. The topological polar surface area (TPSA) is 61.7 Å². The van der Waals surface area contributed by atoms with E-state index in [2.05, 4.69) is 15.5 Å². The minimum atomic E-state index is -0.215. The normalized spacial score (nSPS) is 24.5. The molecular formula is C21H33FN6O+2. The van der Waals surface area contributed by atoms with Crippen LogP contribution in [0.1, 0.15) is 49.5 Å². The molecule has 1 aliphatic heterocycles. The third-order valence-corrected chi connectivity index (χ3v) is 6.65. The van der Waals surface area contributed by atoms with Crippen molar-refractivity contribution in [2.24, 2.45) is 0 Å². The number of ether oxygens (including phenoxy) is 1. The monoisotopic (exact) mass is 404 g/mol. The summed E-state index contributed by atoms with van der Waals surface area (Å²) in [7, 11) is 1.68. The van der Waals surface area contributed by atoms with Crippen molar-refractivity contribution in [3.63, 3.8) is 0 Å². The first-order valence-corrected chi connectivity index (χ1v) is 11.0. The molecule has 0 bridgehead atoms. The molecule has 8 heteroatoms. The molecule has 2 fully saturated rings. The molecule has 1 aromatic heterocycles. The predicted octanol–water partition coefficient (Wildman–Crippen LogP) is -0.336. The van der Waals surface area contributed by atoms with Gasteiger partial charge >= 0.3 is 0 Å². The van der Waals surface area contributed by atoms with Crippen molar-refractivity contribution in [2.75, 3.05) is 39.9 Å². The van der Waals surface area contributed by atoms with Crippen LogP contribution >= 0.6 is 0 Å². The Hall–Kier alpha value is -1.90. The lowest BCUT2D eigenvalue weighted by atomic mass is 9.93. The Morgan fingerprint density at radius 2 is 1.83 bits per heavy atom. The van der Waals surface area contributed by atoms with Crippen molar-refractivity contribution in [2.45, 2.75) is 50.7 Å². The Kier molecular flexibility index (Phi) is 6.84. The molecular weight excluding hydrogens is 371 g/mol. The van der Waals surface area contributed by atoms with Gasteiger partial charge in [-0.15, -0.1) is 5.10 Å². The van der Waals surface area contributed by atoms with Gasteiger partial charge < -0.3 is 14.5 Å². The van der Waals surface area contributed by atoms with Gasteiger partial charge in [0.1, 0.15) is 32.0 Å². The minimum absolute atomic E-state index is 0.00959. The summed E-state index contributed by atoms with van der Waals surface area (Å²) in [6.07, 6.45) is 6.93. The summed E-state index contributed by atoms with van der Waals surface area (Å²) in [5.74, 6) is 0.623. The van der Waals surface area contributed by atoms with E-state index in [9.17, 15) is 4.39 Å². The number of hydrogen-bond donors (Lipinski definition) is 2. The highest BCUT2D eigenvalue weighted by Gasteiger charge is 2.37. The van der Waals surface area contributed by atoms with Gasteiger partial charge in [-0.1, -0.05) is 6.42 Å². The Labute approximate surface area is 171 Å². The first-order chi connectivity index (χ1) is 14.3. The summed E-state index contributed by atoms with van der Waals surface area (Å²) < 4.78 is 20.6. The van der Waals surface area contributed by atoms with E-state index in [1.807, 2.05) is 16.8 Å². The summed E-state index contributed by atoms with van der Waals surface area (Å²) in [4.78, 5) is 3.23. The zero-order chi connectivity index (χ0) is 20.1. The van der Waals surface area contributed by atoms with Crippen LogP contribution in [0.5, 0.6) is 0 Å². The average molecular weight is 405 g/mol. The number of quaternary nitrogens is 2. The lowest BCUT2D eigenvalue weighted by Crippen LogP contribution is -3.29. The van der Waals surface area contributed by atoms with Gasteiger partial charge in [-0.05, 0) is 60.4 Å². The van der Waals surface area contributed by atoms with Gasteiger partial charge in [0.05, 0.1) is 19.2 Å². The van der Waals surface area contributed by atoms with E-state index >= 15 is 0 Å². The molecule has 1 saturated heterocycles. The van der Waals surface area contributed by atoms with Gasteiger partial charge in [0.2, 0.25) is 5.82 Å². The van der Waals surface area contributed by atoms with Crippen molar-refractivity contribution in [3.05, 3.63) is 41.5 Å². The van der Waals surface area contributed by atoms with Crippen molar-refractivity contribution >= 4 is 0 Å². The third-order valence-electron chi connectivity index (χ3n) is 6.65. The van der Waals surface area contributed by atoms with Crippen molar-refractivity contribution in [1.82, 2.24) is 20.2 Å². The summed E-state index contributed by atoms with van der Waals surface area (Å²) in [5, 5.41) is 12.5. The van der Waals surface area contributed by atoms with Crippen LogP contribution in [0.4, 0.5) is 4.39 Å². The average Bonchev–Trinajstić information content (AvgIpc) is 3.23. The molecule has 7 nitrogen and oxygen atoms in total. The fourth-order valence-corrected chi connectivity index (χ4v) is 5.08. The Balaban J connectivity index is 1.53. The second kappa shape index (κ2) is 9.73. The second-order valence-electron chi connectivity index (χ2n) is 8.39. The molecule has 4 rings (SSSR count). The summed E-state index contributed by atoms with van der Waals surface area (Å²) in [6, 6.07) is 7.67. The molecule has 1 saturated carbocycles. The number of methoxy groups -OCH3 is 1. The Bertz CT molecular complexity index is 753. The Morgan fingerprint density at radius 1 is 1.10 bits per heavy atom. The van der Waals surface area contributed by atoms with Crippen LogP contribution in [-0.4, -0.2) is 66.1 Å². The van der Waals surface area contributed by atoms with Crippen LogP contribution in [0.15, 0.2) is 24.3 Å². The maximum Gasteiger partial charge on any atom is 0.214 e. The van der Waals surface area contributed by atoms with Crippen LogP contribution in [0.3, 0.4) is 0 Å². The molecule has 0 spiro atoms. The molecule has 29 heavy (non-hydrogen) atoms. The molecule has 1 aromatic carbocycles. The SMILES string of the molecule is COCCn1nnnc1[C@@H](c1ccc(F)cc1)[NH+]1CC[NH+](C2CCCCC2)CC1. The number of benzene rings is 1. The largest absolute Gasteiger partial charge is 0.383 e. The van der Waals surface area contributed by atoms with Crippen molar-refractivity contribution in [1.29, 1.82) is 0 Å². The maximum atomic E-state index is 13.6. The van der Waals surface area contributed by atoms with E-state index in [-0.39, 0.29) is 11.9 Å². The van der Waals surface area contributed by atoms with Crippen LogP contribution in [0.2, 0.25) is 0 Å². The molecule has 0 unspecified atom stereocenters. The lowest BCUT2D eigenvalue weighted by molar-refractivity contribution is -1.03. The zero-order valence-corrected chi connectivity index (χ0v) is 17.3. The highest BCUT2D eigenvalue weighted by atomic mass is 19.1. The fourth-order valence-electron chi connectivity index (χ4n) is 5.08. The molecule has 2 heterocycles. The standard InChI is InChI=1S/C21H31FN6O/c1-29-16-15-28-21(23-24-25-28)20(17-7-9-18(22)10-8-17)27-13-11-26(12-14-27)19-5-3-2-4-6-19/h7-10,19-20H,2-6,11-16H2,1H3/p+2/t20-/m1/s1. The first-order valence-electron chi connectivity index (χ1n) is 11.0. The number of tetrazole rings is 1. The molecule has 0 amide bonds. The van der Waals surface area contributed by atoms with E-state index in [4.69, 9.17) is 4.74 Å². The van der Waals surface area contributed by atoms with Gasteiger partial charge in [-0.3, -0.25) is 0 Å². The van der Waals surface area contributed by atoms with Gasteiger partial charge in [0.25, 0.3) is 0 Å². The molecule has 2 N–H and O–H groups in total. The van der Waals surface area contributed by atoms with Crippen LogP contribution in [-0.2, 0) is 11.3 Å². The van der Waals surface area contributed by atoms with Gasteiger partial charge in [0, 0.05) is 12.7 Å². The van der Waals surface area contributed by atoms with E-state index in [0.717, 1.165) is 30.5 Å². The van der Waals surface area contributed by atoms with Gasteiger partial charge in [0.15, 0.2) is 6.04 Å². The smallest absolute Gasteiger partial charge is 0.214 e. The number of piperazine rings is 1. The van der Waals surface area contributed by atoms with E-state index in [0.29, 0.717) is 13.2 Å². The lowest BCUT2D eigenvalue weighted by Gasteiger charge is -2.38. The second-order valence-corrected chi connectivity index (χ2v) is 8.39. The molecule has 0 radical (unpaired) electrons. The minimum Gasteiger partial charge on any atom is -0.383 e.